The minimum Gasteiger partial charge on any atom is -0.444 e. The number of nitrogens with zero attached hydrogens (tertiary/aromatic N) is 4. The van der Waals surface area contributed by atoms with Crippen molar-refractivity contribution in [3.63, 3.8) is 0 Å². The van der Waals surface area contributed by atoms with E-state index in [0.717, 1.165) is 16.8 Å². The molecule has 0 radical (unpaired) electrons. The molecule has 3 heterocycles. The van der Waals surface area contributed by atoms with E-state index in [1.54, 1.807) is 62.9 Å². The molecular weight excluding hydrogens is 534 g/mol. The first kappa shape index (κ1) is 28.8. The lowest BCUT2D eigenvalue weighted by atomic mass is 9.93. The highest BCUT2D eigenvalue weighted by molar-refractivity contribution is 5.93. The van der Waals surface area contributed by atoms with Gasteiger partial charge in [-0.15, -0.1) is 0 Å². The van der Waals surface area contributed by atoms with Crippen LogP contribution >= 0.6 is 0 Å². The van der Waals surface area contributed by atoms with Crippen LogP contribution in [0.3, 0.4) is 0 Å². The van der Waals surface area contributed by atoms with Crippen LogP contribution in [0, 0.1) is 6.92 Å². The number of amides is 2. The highest BCUT2D eigenvalue weighted by Gasteiger charge is 2.36. The van der Waals surface area contributed by atoms with E-state index in [9.17, 15) is 14.4 Å². The summed E-state index contributed by atoms with van der Waals surface area (Å²) >= 11 is 0. The monoisotopic (exact) mass is 569 g/mol. The Morgan fingerprint density at radius 2 is 1.83 bits per heavy atom. The molecule has 0 saturated carbocycles. The second-order valence-corrected chi connectivity index (χ2v) is 11.5. The molecule has 0 fully saturated rings. The summed E-state index contributed by atoms with van der Waals surface area (Å²) in [4.78, 5) is 52.1. The molecule has 5 rings (SSSR count). The number of likely N-dealkylation sites (N-methyl/N-ethyl adjacent to an activating group) is 1. The summed E-state index contributed by atoms with van der Waals surface area (Å²) in [6, 6.07) is 16.5. The summed E-state index contributed by atoms with van der Waals surface area (Å²) in [7, 11) is 1.77. The average Bonchev–Trinajstić information content (AvgIpc) is 2.95. The van der Waals surface area contributed by atoms with Crippen LogP contribution in [0.15, 0.2) is 70.0 Å². The van der Waals surface area contributed by atoms with Crippen molar-refractivity contribution in [1.29, 1.82) is 0 Å². The summed E-state index contributed by atoms with van der Waals surface area (Å²) < 4.78 is 11.1. The van der Waals surface area contributed by atoms with Gasteiger partial charge >= 0.3 is 17.7 Å². The Hall–Kier alpha value is -4.73. The third-order valence-corrected chi connectivity index (χ3v) is 7.27. The first-order valence-corrected chi connectivity index (χ1v) is 13.9. The number of aromatic nitrogens is 2. The van der Waals surface area contributed by atoms with Gasteiger partial charge < -0.3 is 19.0 Å². The quantitative estimate of drug-likeness (QED) is 0.350. The molecule has 2 aromatic carbocycles. The Bertz CT molecular complexity index is 1680. The van der Waals surface area contributed by atoms with Crippen LogP contribution in [0.4, 0.5) is 16.5 Å². The molecule has 1 aliphatic rings. The standard InChI is InChI=1S/C32H35N5O5/c1-20-24(35-31(40)42-32(2,3)4)13-14-25-27(20)29(39)41-30(34-25)37-19-22-11-7-6-10-21(22)18-26(37)28(38)36(5)17-15-23-12-8-9-16-33-23/h6-14,16,26H,15,17-19H2,1-5H3,(H,35,40)/t26-/m0/s1. The lowest BCUT2D eigenvalue weighted by molar-refractivity contribution is -0.131. The topological polar surface area (TPSA) is 118 Å². The number of carbonyl (C=O) groups excluding carboxylic acids is 2. The number of aryl methyl sites for hydroxylation is 1. The Morgan fingerprint density at radius 1 is 1.10 bits per heavy atom. The van der Waals surface area contributed by atoms with Gasteiger partial charge in [0.2, 0.25) is 5.91 Å². The molecule has 0 unspecified atom stereocenters. The maximum absolute atomic E-state index is 13.8. The van der Waals surface area contributed by atoms with Crippen LogP contribution in [-0.2, 0) is 28.9 Å². The van der Waals surface area contributed by atoms with Crippen molar-refractivity contribution in [3.8, 4) is 0 Å². The van der Waals surface area contributed by atoms with Crippen LogP contribution in [0.1, 0.15) is 43.2 Å². The van der Waals surface area contributed by atoms with E-state index >= 15 is 0 Å². The highest BCUT2D eigenvalue weighted by Crippen LogP contribution is 2.30. The number of hydrogen-bond donors (Lipinski definition) is 1. The Kier molecular flexibility index (Phi) is 7.98. The van der Waals surface area contributed by atoms with E-state index in [-0.39, 0.29) is 17.3 Å². The SMILES string of the molecule is Cc1c(NC(=O)OC(C)(C)C)ccc2nc(N3Cc4ccccc4C[C@H]3C(=O)N(C)CCc3ccccn3)oc(=O)c12. The van der Waals surface area contributed by atoms with E-state index in [1.807, 2.05) is 42.5 Å². The van der Waals surface area contributed by atoms with E-state index in [0.29, 0.717) is 42.7 Å². The number of anilines is 2. The number of benzene rings is 2. The van der Waals surface area contributed by atoms with Crippen molar-refractivity contribution in [2.45, 2.75) is 58.7 Å². The van der Waals surface area contributed by atoms with Gasteiger partial charge in [0.25, 0.3) is 0 Å². The van der Waals surface area contributed by atoms with E-state index in [2.05, 4.69) is 10.3 Å². The van der Waals surface area contributed by atoms with Gasteiger partial charge in [-0.2, -0.15) is 4.98 Å². The molecule has 0 aliphatic carbocycles. The zero-order valence-corrected chi connectivity index (χ0v) is 24.5. The van der Waals surface area contributed by atoms with Gasteiger partial charge in [0.15, 0.2) is 0 Å². The van der Waals surface area contributed by atoms with Gasteiger partial charge in [-0.3, -0.25) is 15.1 Å². The lowest BCUT2D eigenvalue weighted by Gasteiger charge is -2.37. The molecule has 10 nitrogen and oxygen atoms in total. The van der Waals surface area contributed by atoms with Gasteiger partial charge in [0, 0.05) is 50.6 Å². The van der Waals surface area contributed by atoms with Gasteiger partial charge in [-0.25, -0.2) is 9.59 Å². The van der Waals surface area contributed by atoms with Crippen LogP contribution < -0.4 is 15.8 Å². The highest BCUT2D eigenvalue weighted by atomic mass is 16.6. The van der Waals surface area contributed by atoms with Crippen molar-refractivity contribution >= 4 is 34.6 Å². The van der Waals surface area contributed by atoms with Crippen LogP contribution in [0.2, 0.25) is 0 Å². The fourth-order valence-electron chi connectivity index (χ4n) is 5.12. The first-order valence-electron chi connectivity index (χ1n) is 13.9. The van der Waals surface area contributed by atoms with Gasteiger partial charge in [-0.05, 0) is 68.7 Å². The molecule has 2 aromatic heterocycles. The molecule has 4 aromatic rings. The number of nitrogens with one attached hydrogen (secondary N) is 1. The molecule has 0 spiro atoms. The Labute approximate surface area is 244 Å². The average molecular weight is 570 g/mol. The summed E-state index contributed by atoms with van der Waals surface area (Å²) in [6.07, 6.45) is 2.18. The fourth-order valence-corrected chi connectivity index (χ4v) is 5.12. The molecule has 1 aliphatic heterocycles. The van der Waals surface area contributed by atoms with Crippen LogP contribution in [-0.4, -0.2) is 52.1 Å². The maximum Gasteiger partial charge on any atom is 0.412 e. The molecule has 218 valence electrons. The molecule has 1 N–H and O–H groups in total. The van der Waals surface area contributed by atoms with E-state index in [4.69, 9.17) is 14.1 Å². The predicted molar refractivity (Wildman–Crippen MR) is 161 cm³/mol. The smallest absolute Gasteiger partial charge is 0.412 e. The van der Waals surface area contributed by atoms with Crippen molar-refractivity contribution in [2.24, 2.45) is 0 Å². The molecule has 10 heteroatoms. The summed E-state index contributed by atoms with van der Waals surface area (Å²) in [5.41, 5.74) is 3.08. The largest absolute Gasteiger partial charge is 0.444 e. The number of carbonyl (C=O) groups is 2. The molecule has 42 heavy (non-hydrogen) atoms. The normalized spacial score (nSPS) is 14.8. The molecule has 1 atom stereocenters. The molecule has 0 bridgehead atoms. The van der Waals surface area contributed by atoms with Gasteiger partial charge in [-0.1, -0.05) is 30.3 Å². The third kappa shape index (κ3) is 6.27. The molecule has 0 saturated heterocycles. The second-order valence-electron chi connectivity index (χ2n) is 11.5. The Balaban J connectivity index is 1.45. The molecular formula is C32H35N5O5. The van der Waals surface area contributed by atoms with Crippen LogP contribution in [0.25, 0.3) is 10.9 Å². The number of fused-ring (bicyclic) bond motifs is 2. The third-order valence-electron chi connectivity index (χ3n) is 7.27. The number of ether oxygens (including phenoxy) is 1. The second kappa shape index (κ2) is 11.6. The van der Waals surface area contributed by atoms with E-state index < -0.39 is 23.4 Å². The Morgan fingerprint density at radius 3 is 2.55 bits per heavy atom. The summed E-state index contributed by atoms with van der Waals surface area (Å²) in [5, 5.41) is 2.95. The zero-order chi connectivity index (χ0) is 30.0. The first-order chi connectivity index (χ1) is 20.0. The summed E-state index contributed by atoms with van der Waals surface area (Å²) in [5.74, 6) is -0.0990. The minimum atomic E-state index is -0.669. The number of hydrogen-bond acceptors (Lipinski definition) is 8. The van der Waals surface area contributed by atoms with Crippen molar-refractivity contribution in [2.75, 3.05) is 23.8 Å². The number of rotatable bonds is 6. The number of pyridine rings is 1. The van der Waals surface area contributed by atoms with Gasteiger partial charge in [0.05, 0.1) is 10.9 Å². The van der Waals surface area contributed by atoms with Crippen molar-refractivity contribution in [3.05, 3.63) is 93.6 Å². The van der Waals surface area contributed by atoms with Gasteiger partial charge in [0.1, 0.15) is 11.6 Å². The minimum absolute atomic E-state index is 0.0748. The van der Waals surface area contributed by atoms with Crippen LogP contribution in [0.5, 0.6) is 0 Å². The molecule has 2 amide bonds. The fraction of sp³-hybridized carbons (Fsp3) is 0.344. The maximum atomic E-state index is 13.8. The van der Waals surface area contributed by atoms with E-state index in [1.165, 1.54) is 0 Å². The predicted octanol–water partition coefficient (Wildman–Crippen LogP) is 4.87. The lowest BCUT2D eigenvalue weighted by Crippen LogP contribution is -2.51. The zero-order valence-electron chi connectivity index (χ0n) is 24.5. The van der Waals surface area contributed by atoms with Crippen molar-refractivity contribution < 1.29 is 18.7 Å². The summed E-state index contributed by atoms with van der Waals surface area (Å²) in [6.45, 7) is 7.88. The van der Waals surface area contributed by atoms with Crippen molar-refractivity contribution in [1.82, 2.24) is 14.9 Å².